The quantitative estimate of drug-likeness (QED) is 0.468. The van der Waals surface area contributed by atoms with Gasteiger partial charge >= 0.3 is 0 Å². The summed E-state index contributed by atoms with van der Waals surface area (Å²) in [5.74, 6) is 0. The van der Waals surface area contributed by atoms with Crippen LogP contribution in [-0.4, -0.2) is 22.9 Å². The molecule has 2 unspecified atom stereocenters. The molecule has 0 radical (unpaired) electrons. The number of aliphatic hydroxyl groups is 2. The molecule has 0 aliphatic heterocycles. The first-order valence-corrected chi connectivity index (χ1v) is 5.31. The summed E-state index contributed by atoms with van der Waals surface area (Å²) in [4.78, 5) is 4.59. The molecular weight excluding hydrogens is 214 g/mol. The first kappa shape index (κ1) is 12.0. The maximum atomic E-state index is 9.78. The summed E-state index contributed by atoms with van der Waals surface area (Å²) in [6.07, 6.45) is -2.03. The zero-order valence-electron chi connectivity index (χ0n) is 8.58. The van der Waals surface area contributed by atoms with Gasteiger partial charge in [-0.3, -0.25) is 0 Å². The molecule has 0 fully saturated rings. The van der Waals surface area contributed by atoms with Crippen molar-refractivity contribution in [2.45, 2.75) is 26.1 Å². The van der Waals surface area contributed by atoms with E-state index < -0.39 is 12.2 Å². The van der Waals surface area contributed by atoms with Gasteiger partial charge in [-0.1, -0.05) is 5.11 Å². The van der Waals surface area contributed by atoms with E-state index in [4.69, 9.17) is 5.53 Å². The summed E-state index contributed by atoms with van der Waals surface area (Å²) in [6.45, 7) is 3.70. The highest BCUT2D eigenvalue weighted by Crippen LogP contribution is 2.28. The molecule has 1 aromatic rings. The standard InChI is InChI=1S/C9H13N3O2S/c1-5-3-7(6(2)15-5)9(14)8(13)4-11-12-10/h3,8-9,13-14H,4H2,1-2H3. The number of hydrogen-bond acceptors (Lipinski definition) is 4. The maximum absolute atomic E-state index is 9.78. The molecule has 0 bridgehead atoms. The number of nitrogens with zero attached hydrogens (tertiary/aromatic N) is 3. The SMILES string of the molecule is Cc1cc(C(O)C(O)CN=[N+]=[N-])c(C)s1. The van der Waals surface area contributed by atoms with Gasteiger partial charge < -0.3 is 10.2 Å². The summed E-state index contributed by atoms with van der Waals surface area (Å²) in [5, 5.41) is 22.5. The third kappa shape index (κ3) is 2.94. The Hall–Kier alpha value is -1.07. The van der Waals surface area contributed by atoms with Crippen molar-refractivity contribution in [3.8, 4) is 0 Å². The molecule has 2 atom stereocenters. The number of aryl methyl sites for hydroxylation is 2. The molecule has 1 heterocycles. The zero-order valence-corrected chi connectivity index (χ0v) is 9.40. The first-order chi connectivity index (χ1) is 7.06. The van der Waals surface area contributed by atoms with E-state index in [0.717, 1.165) is 9.75 Å². The number of hydrogen-bond donors (Lipinski definition) is 2. The van der Waals surface area contributed by atoms with Crippen LogP contribution in [0.1, 0.15) is 21.4 Å². The van der Waals surface area contributed by atoms with E-state index >= 15 is 0 Å². The van der Waals surface area contributed by atoms with Crippen LogP contribution in [-0.2, 0) is 0 Å². The van der Waals surface area contributed by atoms with Gasteiger partial charge in [0, 0.05) is 14.7 Å². The molecule has 5 nitrogen and oxygen atoms in total. The van der Waals surface area contributed by atoms with Crippen LogP contribution in [0.3, 0.4) is 0 Å². The Balaban J connectivity index is 2.79. The van der Waals surface area contributed by atoms with Crippen molar-refractivity contribution in [2.24, 2.45) is 5.11 Å². The lowest BCUT2D eigenvalue weighted by molar-refractivity contribution is 0.0243. The van der Waals surface area contributed by atoms with Crippen molar-refractivity contribution < 1.29 is 10.2 Å². The van der Waals surface area contributed by atoms with Gasteiger partial charge in [-0.15, -0.1) is 11.3 Å². The molecule has 1 rings (SSSR count). The van der Waals surface area contributed by atoms with Crippen LogP contribution >= 0.6 is 11.3 Å². The molecule has 1 aromatic heterocycles. The smallest absolute Gasteiger partial charge is 0.106 e. The number of rotatable bonds is 4. The van der Waals surface area contributed by atoms with Crippen LogP contribution in [0.2, 0.25) is 0 Å². The largest absolute Gasteiger partial charge is 0.390 e. The van der Waals surface area contributed by atoms with E-state index in [1.165, 1.54) is 0 Å². The van der Waals surface area contributed by atoms with Gasteiger partial charge in [0.15, 0.2) is 0 Å². The minimum atomic E-state index is -1.05. The molecule has 0 aliphatic rings. The highest BCUT2D eigenvalue weighted by atomic mass is 32.1. The topological polar surface area (TPSA) is 89.2 Å². The Kier molecular flexibility index (Phi) is 4.11. The number of aliphatic hydroxyl groups excluding tert-OH is 2. The Labute approximate surface area is 91.6 Å². The molecule has 0 saturated heterocycles. The molecule has 0 spiro atoms. The van der Waals surface area contributed by atoms with Crippen LogP contribution in [0.5, 0.6) is 0 Å². The first-order valence-electron chi connectivity index (χ1n) is 4.50. The van der Waals surface area contributed by atoms with E-state index in [1.54, 1.807) is 11.3 Å². The van der Waals surface area contributed by atoms with Crippen LogP contribution in [0.4, 0.5) is 0 Å². The normalized spacial score (nSPS) is 14.4. The molecule has 0 amide bonds. The second-order valence-electron chi connectivity index (χ2n) is 3.29. The molecule has 2 N–H and O–H groups in total. The van der Waals surface area contributed by atoms with E-state index in [2.05, 4.69) is 10.0 Å². The van der Waals surface area contributed by atoms with Crippen molar-refractivity contribution in [1.29, 1.82) is 0 Å². The Morgan fingerprint density at radius 1 is 1.53 bits per heavy atom. The Morgan fingerprint density at radius 3 is 2.67 bits per heavy atom. The maximum Gasteiger partial charge on any atom is 0.106 e. The van der Waals surface area contributed by atoms with Crippen molar-refractivity contribution in [3.63, 3.8) is 0 Å². The summed E-state index contributed by atoms with van der Waals surface area (Å²) in [6, 6.07) is 1.84. The molecular formula is C9H13N3O2S. The summed E-state index contributed by atoms with van der Waals surface area (Å²) >= 11 is 1.56. The molecule has 0 aromatic carbocycles. The fourth-order valence-corrected chi connectivity index (χ4v) is 2.34. The zero-order chi connectivity index (χ0) is 11.4. The van der Waals surface area contributed by atoms with Crippen LogP contribution in [0.25, 0.3) is 10.4 Å². The van der Waals surface area contributed by atoms with E-state index in [1.807, 2.05) is 19.9 Å². The van der Waals surface area contributed by atoms with Crippen LogP contribution in [0.15, 0.2) is 11.2 Å². The van der Waals surface area contributed by atoms with E-state index in [-0.39, 0.29) is 6.54 Å². The summed E-state index contributed by atoms with van der Waals surface area (Å²) < 4.78 is 0. The average molecular weight is 227 g/mol. The molecule has 6 heteroatoms. The Bertz CT molecular complexity index is 385. The number of thiophene rings is 1. The molecule has 0 aliphatic carbocycles. The highest BCUT2D eigenvalue weighted by Gasteiger charge is 2.20. The van der Waals surface area contributed by atoms with Gasteiger partial charge in [0.1, 0.15) is 6.10 Å². The van der Waals surface area contributed by atoms with Crippen molar-refractivity contribution in [2.75, 3.05) is 6.54 Å². The molecule has 0 saturated carbocycles. The molecule has 82 valence electrons. The third-order valence-electron chi connectivity index (χ3n) is 2.09. The van der Waals surface area contributed by atoms with Crippen molar-refractivity contribution in [3.05, 3.63) is 31.8 Å². The van der Waals surface area contributed by atoms with Gasteiger partial charge in [-0.25, -0.2) is 0 Å². The lowest BCUT2D eigenvalue weighted by Gasteiger charge is -2.15. The predicted octanol–water partition coefficient (Wildman–Crippen LogP) is 2.07. The van der Waals surface area contributed by atoms with E-state index in [9.17, 15) is 10.2 Å². The number of azide groups is 1. The molecule has 15 heavy (non-hydrogen) atoms. The second-order valence-corrected chi connectivity index (χ2v) is 4.75. The average Bonchev–Trinajstić information content (AvgIpc) is 2.53. The summed E-state index contributed by atoms with van der Waals surface area (Å²) in [5.41, 5.74) is 8.80. The van der Waals surface area contributed by atoms with Gasteiger partial charge in [0.25, 0.3) is 0 Å². The van der Waals surface area contributed by atoms with Gasteiger partial charge in [-0.05, 0) is 31.0 Å². The predicted molar refractivity (Wildman–Crippen MR) is 58.8 cm³/mol. The van der Waals surface area contributed by atoms with Gasteiger partial charge in [0.2, 0.25) is 0 Å². The van der Waals surface area contributed by atoms with E-state index in [0.29, 0.717) is 5.56 Å². The van der Waals surface area contributed by atoms with Gasteiger partial charge in [-0.2, -0.15) is 0 Å². The fourth-order valence-electron chi connectivity index (χ4n) is 1.37. The van der Waals surface area contributed by atoms with Crippen LogP contribution < -0.4 is 0 Å². The monoisotopic (exact) mass is 227 g/mol. The van der Waals surface area contributed by atoms with Crippen molar-refractivity contribution in [1.82, 2.24) is 0 Å². The van der Waals surface area contributed by atoms with Gasteiger partial charge in [0.05, 0.1) is 12.6 Å². The lowest BCUT2D eigenvalue weighted by Crippen LogP contribution is -2.21. The lowest BCUT2D eigenvalue weighted by atomic mass is 10.1. The van der Waals surface area contributed by atoms with Crippen LogP contribution in [0, 0.1) is 13.8 Å². The second kappa shape index (κ2) is 5.14. The Morgan fingerprint density at radius 2 is 2.20 bits per heavy atom. The minimum Gasteiger partial charge on any atom is -0.390 e. The minimum absolute atomic E-state index is 0.119. The highest BCUT2D eigenvalue weighted by molar-refractivity contribution is 7.12. The fraction of sp³-hybridized carbons (Fsp3) is 0.556. The van der Waals surface area contributed by atoms with Crippen molar-refractivity contribution >= 4 is 11.3 Å². The third-order valence-corrected chi connectivity index (χ3v) is 3.08. The summed E-state index contributed by atoms with van der Waals surface area (Å²) in [7, 11) is 0.